The molecule has 0 saturated carbocycles. The fraction of sp³-hybridized carbons (Fsp3) is 0.133. The molecule has 0 radical (unpaired) electrons. The van der Waals surface area contributed by atoms with E-state index in [0.29, 0.717) is 17.3 Å². The number of nitro benzene ring substituents is 1. The zero-order chi connectivity index (χ0) is 16.1. The first kappa shape index (κ1) is 15.8. The second-order valence-corrected chi connectivity index (χ2v) is 5.10. The van der Waals surface area contributed by atoms with Crippen LogP contribution in [0, 0.1) is 15.9 Å². The van der Waals surface area contributed by atoms with Gasteiger partial charge in [0.15, 0.2) is 5.11 Å². The molecule has 2 aromatic rings. The van der Waals surface area contributed by atoms with Crippen molar-refractivity contribution < 1.29 is 9.31 Å². The molecule has 0 heterocycles. The van der Waals surface area contributed by atoms with Crippen LogP contribution in [-0.4, -0.2) is 22.0 Å². The summed E-state index contributed by atoms with van der Waals surface area (Å²) < 4.78 is 12.9. The Labute approximate surface area is 132 Å². The van der Waals surface area contributed by atoms with E-state index in [9.17, 15) is 14.5 Å². The first-order chi connectivity index (χ1) is 10.5. The molecule has 0 unspecified atom stereocenters. The highest BCUT2D eigenvalue weighted by atomic mass is 32.1. The molecule has 0 spiro atoms. The summed E-state index contributed by atoms with van der Waals surface area (Å²) in [4.78, 5) is 11.9. The Morgan fingerprint density at radius 2 is 1.82 bits per heavy atom. The Balaban J connectivity index is 1.95. The van der Waals surface area contributed by atoms with Crippen molar-refractivity contribution in [2.24, 2.45) is 0 Å². The number of benzene rings is 2. The number of rotatable bonds is 4. The van der Waals surface area contributed by atoms with Crippen molar-refractivity contribution in [2.45, 2.75) is 6.54 Å². The summed E-state index contributed by atoms with van der Waals surface area (Å²) in [6.07, 6.45) is 0. The van der Waals surface area contributed by atoms with Crippen molar-refractivity contribution in [3.63, 3.8) is 0 Å². The van der Waals surface area contributed by atoms with Crippen LogP contribution in [0.15, 0.2) is 48.5 Å². The summed E-state index contributed by atoms with van der Waals surface area (Å²) >= 11 is 5.27. The van der Waals surface area contributed by atoms with Crippen LogP contribution in [0.1, 0.15) is 5.56 Å². The molecule has 0 amide bonds. The molecule has 7 heteroatoms. The van der Waals surface area contributed by atoms with Crippen LogP contribution < -0.4 is 5.32 Å². The molecule has 5 nitrogen and oxygen atoms in total. The molecule has 2 aromatic carbocycles. The molecule has 2 rings (SSSR count). The molecule has 22 heavy (non-hydrogen) atoms. The van der Waals surface area contributed by atoms with Crippen molar-refractivity contribution in [3.05, 3.63) is 70.0 Å². The SMILES string of the molecule is CN(Cc1ccc(F)cc1)C(=S)Nc1ccc([N+](=O)[O-])cc1. The second-order valence-electron chi connectivity index (χ2n) is 4.72. The first-order valence-corrected chi connectivity index (χ1v) is 6.87. The lowest BCUT2D eigenvalue weighted by Crippen LogP contribution is -2.30. The minimum atomic E-state index is -0.456. The maximum atomic E-state index is 12.9. The molecular weight excluding hydrogens is 305 g/mol. The molecule has 0 fully saturated rings. The topological polar surface area (TPSA) is 58.4 Å². The molecular formula is C15H14FN3O2S. The molecule has 0 atom stereocenters. The molecule has 0 saturated heterocycles. The van der Waals surface area contributed by atoms with Crippen molar-refractivity contribution in [2.75, 3.05) is 12.4 Å². The van der Waals surface area contributed by atoms with E-state index in [1.54, 1.807) is 29.2 Å². The van der Waals surface area contributed by atoms with Crippen molar-refractivity contribution in [1.82, 2.24) is 4.90 Å². The Hall–Kier alpha value is -2.54. The van der Waals surface area contributed by atoms with Crippen LogP contribution in [0.5, 0.6) is 0 Å². The lowest BCUT2D eigenvalue weighted by atomic mass is 10.2. The van der Waals surface area contributed by atoms with E-state index < -0.39 is 4.92 Å². The van der Waals surface area contributed by atoms with Gasteiger partial charge in [0.25, 0.3) is 5.69 Å². The Morgan fingerprint density at radius 3 is 2.36 bits per heavy atom. The van der Waals surface area contributed by atoms with Crippen molar-refractivity contribution in [1.29, 1.82) is 0 Å². The average Bonchev–Trinajstić information content (AvgIpc) is 2.50. The number of hydrogen-bond donors (Lipinski definition) is 1. The van der Waals surface area contributed by atoms with Crippen LogP contribution in [0.3, 0.4) is 0 Å². The second kappa shape index (κ2) is 6.95. The fourth-order valence-electron chi connectivity index (χ4n) is 1.82. The minimum Gasteiger partial charge on any atom is -0.348 e. The molecule has 0 aliphatic rings. The lowest BCUT2D eigenvalue weighted by molar-refractivity contribution is -0.384. The molecule has 0 bridgehead atoms. The quantitative estimate of drug-likeness (QED) is 0.530. The summed E-state index contributed by atoms with van der Waals surface area (Å²) in [6, 6.07) is 12.2. The maximum absolute atomic E-state index is 12.9. The van der Waals surface area contributed by atoms with Gasteiger partial charge in [0.2, 0.25) is 0 Å². The predicted octanol–water partition coefficient (Wildman–Crippen LogP) is 3.56. The number of anilines is 1. The number of hydrogen-bond acceptors (Lipinski definition) is 3. The number of thiocarbonyl (C=S) groups is 1. The zero-order valence-corrected chi connectivity index (χ0v) is 12.6. The van der Waals surface area contributed by atoms with Gasteiger partial charge in [-0.2, -0.15) is 0 Å². The van der Waals surface area contributed by atoms with Gasteiger partial charge in [-0.15, -0.1) is 0 Å². The van der Waals surface area contributed by atoms with Crippen LogP contribution in [-0.2, 0) is 6.54 Å². The van der Waals surface area contributed by atoms with Crippen molar-refractivity contribution in [3.8, 4) is 0 Å². The molecule has 1 N–H and O–H groups in total. The van der Waals surface area contributed by atoms with Crippen LogP contribution in [0.2, 0.25) is 0 Å². The Bertz CT molecular complexity index is 674. The van der Waals surface area contributed by atoms with E-state index in [1.807, 2.05) is 7.05 Å². The minimum absolute atomic E-state index is 0.0242. The number of nitro groups is 1. The monoisotopic (exact) mass is 319 g/mol. The van der Waals surface area contributed by atoms with Crippen LogP contribution >= 0.6 is 12.2 Å². The van der Waals surface area contributed by atoms with Gasteiger partial charge in [-0.1, -0.05) is 12.1 Å². The van der Waals surface area contributed by atoms with E-state index in [-0.39, 0.29) is 11.5 Å². The lowest BCUT2D eigenvalue weighted by Gasteiger charge is -2.21. The van der Waals surface area contributed by atoms with Crippen LogP contribution in [0.4, 0.5) is 15.8 Å². The van der Waals surface area contributed by atoms with E-state index in [4.69, 9.17) is 12.2 Å². The number of nitrogens with zero attached hydrogens (tertiary/aromatic N) is 2. The van der Waals surface area contributed by atoms with Crippen LogP contribution in [0.25, 0.3) is 0 Å². The highest BCUT2D eigenvalue weighted by Crippen LogP contribution is 2.16. The van der Waals surface area contributed by atoms with Gasteiger partial charge in [-0.3, -0.25) is 10.1 Å². The maximum Gasteiger partial charge on any atom is 0.269 e. The van der Waals surface area contributed by atoms with E-state index in [0.717, 1.165) is 5.56 Å². The molecule has 0 aliphatic heterocycles. The van der Waals surface area contributed by atoms with Gasteiger partial charge in [0.1, 0.15) is 5.82 Å². The zero-order valence-electron chi connectivity index (χ0n) is 11.8. The van der Waals surface area contributed by atoms with E-state index in [1.165, 1.54) is 24.3 Å². The summed E-state index contributed by atoms with van der Waals surface area (Å²) in [5.74, 6) is -0.280. The Kier molecular flexibility index (Phi) is 5.00. The molecule has 0 aromatic heterocycles. The fourth-order valence-corrected chi connectivity index (χ4v) is 2.00. The summed E-state index contributed by atoms with van der Waals surface area (Å²) in [5, 5.41) is 14.1. The van der Waals surface area contributed by atoms with Gasteiger partial charge in [-0.05, 0) is 42.0 Å². The standard InChI is InChI=1S/C15H14FN3O2S/c1-18(10-11-2-4-12(16)5-3-11)15(22)17-13-6-8-14(9-7-13)19(20)21/h2-9H,10H2,1H3,(H,17,22). The molecule has 0 aliphatic carbocycles. The third-order valence-corrected chi connectivity index (χ3v) is 3.42. The normalized spacial score (nSPS) is 10.1. The highest BCUT2D eigenvalue weighted by molar-refractivity contribution is 7.80. The van der Waals surface area contributed by atoms with Gasteiger partial charge in [-0.25, -0.2) is 4.39 Å². The van der Waals surface area contributed by atoms with Gasteiger partial charge >= 0.3 is 0 Å². The van der Waals surface area contributed by atoms with E-state index in [2.05, 4.69) is 5.32 Å². The molecule has 114 valence electrons. The number of halogens is 1. The van der Waals surface area contributed by atoms with Crippen molar-refractivity contribution >= 4 is 28.7 Å². The summed E-state index contributed by atoms with van der Waals surface area (Å²) in [7, 11) is 1.81. The summed E-state index contributed by atoms with van der Waals surface area (Å²) in [6.45, 7) is 0.527. The average molecular weight is 319 g/mol. The number of nitrogens with one attached hydrogen (secondary N) is 1. The Morgan fingerprint density at radius 1 is 1.23 bits per heavy atom. The first-order valence-electron chi connectivity index (χ1n) is 6.47. The smallest absolute Gasteiger partial charge is 0.269 e. The summed E-state index contributed by atoms with van der Waals surface area (Å²) in [5.41, 5.74) is 1.62. The predicted molar refractivity (Wildman–Crippen MR) is 87.2 cm³/mol. The van der Waals surface area contributed by atoms with Gasteiger partial charge in [0, 0.05) is 31.4 Å². The number of non-ortho nitro benzene ring substituents is 1. The highest BCUT2D eigenvalue weighted by Gasteiger charge is 2.08. The third-order valence-electron chi connectivity index (χ3n) is 3.01. The largest absolute Gasteiger partial charge is 0.348 e. The van der Waals surface area contributed by atoms with E-state index >= 15 is 0 Å². The van der Waals surface area contributed by atoms with Gasteiger partial charge in [0.05, 0.1) is 4.92 Å². The van der Waals surface area contributed by atoms with Gasteiger partial charge < -0.3 is 10.2 Å². The third kappa shape index (κ3) is 4.23.